The zero-order chi connectivity index (χ0) is 13.3. The third-order valence-electron chi connectivity index (χ3n) is 2.55. The highest BCUT2D eigenvalue weighted by atomic mass is 79.9. The average Bonchev–Trinajstić information content (AvgIpc) is 2.63. The van der Waals surface area contributed by atoms with Crippen LogP contribution >= 0.6 is 51.9 Å². The fourth-order valence-corrected chi connectivity index (χ4v) is 3.43. The van der Waals surface area contributed by atoms with Crippen LogP contribution in [0.1, 0.15) is 6.42 Å². The lowest BCUT2D eigenvalue weighted by atomic mass is 10.3. The summed E-state index contributed by atoms with van der Waals surface area (Å²) in [6.45, 7) is 0.554. The standard InChI is InChI=1S/C11H8BrClN2OS2/c12-7-2-9(8(13)3-10(7)18-5-14)15-4-6(17)1-11(15)16/h2-3,6,17H,1,4H2. The summed E-state index contributed by atoms with van der Waals surface area (Å²) in [5.41, 5.74) is 0.660. The van der Waals surface area contributed by atoms with Crippen LogP contribution in [-0.4, -0.2) is 17.7 Å². The predicted octanol–water partition coefficient (Wildman–Crippen LogP) is 3.71. The minimum atomic E-state index is 0.0180. The van der Waals surface area contributed by atoms with Crippen LogP contribution in [0.25, 0.3) is 0 Å². The molecule has 1 aliphatic rings. The Morgan fingerprint density at radius 1 is 1.61 bits per heavy atom. The van der Waals surface area contributed by atoms with Crippen LogP contribution in [0.5, 0.6) is 0 Å². The highest BCUT2D eigenvalue weighted by molar-refractivity contribution is 9.10. The molecule has 0 spiro atoms. The van der Waals surface area contributed by atoms with E-state index in [9.17, 15) is 4.79 Å². The molecule has 1 aromatic carbocycles. The molecule has 2 rings (SSSR count). The van der Waals surface area contributed by atoms with Crippen molar-refractivity contribution in [3.8, 4) is 5.40 Å². The number of hydrogen-bond acceptors (Lipinski definition) is 4. The van der Waals surface area contributed by atoms with E-state index in [1.807, 2.05) is 5.40 Å². The van der Waals surface area contributed by atoms with E-state index in [0.717, 1.165) is 21.1 Å². The van der Waals surface area contributed by atoms with Crippen molar-refractivity contribution in [1.82, 2.24) is 0 Å². The summed E-state index contributed by atoms with van der Waals surface area (Å²) in [6, 6.07) is 3.46. The molecule has 18 heavy (non-hydrogen) atoms. The molecule has 1 fully saturated rings. The second-order valence-corrected chi connectivity index (χ2v) is 6.61. The first-order valence-electron chi connectivity index (χ1n) is 5.06. The number of carbonyl (C=O) groups excluding carboxylic acids is 1. The lowest BCUT2D eigenvalue weighted by Gasteiger charge is -2.18. The van der Waals surface area contributed by atoms with Gasteiger partial charge in [0.15, 0.2) is 0 Å². The normalized spacial score (nSPS) is 19.1. The predicted molar refractivity (Wildman–Crippen MR) is 80.4 cm³/mol. The number of halogens is 2. The van der Waals surface area contributed by atoms with Crippen LogP contribution < -0.4 is 4.90 Å². The highest BCUT2D eigenvalue weighted by Gasteiger charge is 2.30. The summed E-state index contributed by atoms with van der Waals surface area (Å²) in [6.07, 6.45) is 0.422. The summed E-state index contributed by atoms with van der Waals surface area (Å²) in [5.74, 6) is 0.0180. The molecule has 7 heteroatoms. The number of benzene rings is 1. The first kappa shape index (κ1) is 14.1. The van der Waals surface area contributed by atoms with E-state index in [1.54, 1.807) is 17.0 Å². The zero-order valence-corrected chi connectivity index (χ0v) is 13.1. The van der Waals surface area contributed by atoms with Crippen molar-refractivity contribution in [1.29, 1.82) is 5.26 Å². The van der Waals surface area contributed by atoms with Gasteiger partial charge in [0.25, 0.3) is 0 Å². The molecule has 1 unspecified atom stereocenters. The molecular weight excluding hydrogens is 356 g/mol. The molecule has 0 radical (unpaired) electrons. The molecule has 1 saturated heterocycles. The largest absolute Gasteiger partial charge is 0.310 e. The van der Waals surface area contributed by atoms with E-state index >= 15 is 0 Å². The number of rotatable bonds is 2. The van der Waals surface area contributed by atoms with E-state index < -0.39 is 0 Å². The number of nitriles is 1. The SMILES string of the molecule is N#CSc1cc(Cl)c(N2CC(S)CC2=O)cc1Br. The van der Waals surface area contributed by atoms with Crippen molar-refractivity contribution in [2.24, 2.45) is 0 Å². The highest BCUT2D eigenvalue weighted by Crippen LogP contribution is 2.38. The van der Waals surface area contributed by atoms with Crippen molar-refractivity contribution >= 4 is 63.5 Å². The summed E-state index contributed by atoms with van der Waals surface area (Å²) < 4.78 is 0.754. The Bertz CT molecular complexity index is 547. The van der Waals surface area contributed by atoms with E-state index in [-0.39, 0.29) is 11.2 Å². The van der Waals surface area contributed by atoms with Gasteiger partial charge in [0.1, 0.15) is 5.40 Å². The van der Waals surface area contributed by atoms with Gasteiger partial charge in [0.05, 0.1) is 10.7 Å². The smallest absolute Gasteiger partial charge is 0.228 e. The molecular formula is C11H8BrClN2OS2. The maximum Gasteiger partial charge on any atom is 0.228 e. The molecule has 1 aliphatic heterocycles. The second kappa shape index (κ2) is 5.74. The fraction of sp³-hybridized carbons (Fsp3) is 0.273. The van der Waals surface area contributed by atoms with Crippen LogP contribution in [0.3, 0.4) is 0 Å². The Kier molecular flexibility index (Phi) is 4.49. The van der Waals surface area contributed by atoms with Gasteiger partial charge in [-0.2, -0.15) is 17.9 Å². The third-order valence-corrected chi connectivity index (χ3v) is 4.77. The third kappa shape index (κ3) is 2.80. The molecule has 1 aromatic rings. The Hall–Kier alpha value is -0.350. The molecule has 1 atom stereocenters. The summed E-state index contributed by atoms with van der Waals surface area (Å²) in [4.78, 5) is 14.2. The van der Waals surface area contributed by atoms with Gasteiger partial charge in [-0.25, -0.2) is 0 Å². The van der Waals surface area contributed by atoms with Crippen LogP contribution in [0, 0.1) is 10.7 Å². The van der Waals surface area contributed by atoms with Crippen LogP contribution in [0.4, 0.5) is 5.69 Å². The second-order valence-electron chi connectivity index (χ2n) is 3.79. The molecule has 0 bridgehead atoms. The fourth-order valence-electron chi connectivity index (χ4n) is 1.77. The summed E-state index contributed by atoms with van der Waals surface area (Å²) in [5, 5.41) is 11.2. The van der Waals surface area contributed by atoms with Crippen molar-refractivity contribution in [2.45, 2.75) is 16.6 Å². The number of thiol groups is 1. The number of thioether (sulfide) groups is 1. The van der Waals surface area contributed by atoms with Crippen molar-refractivity contribution in [3.05, 3.63) is 21.6 Å². The number of thiocyanates is 1. The number of anilines is 1. The van der Waals surface area contributed by atoms with Gasteiger partial charge in [-0.05, 0) is 39.8 Å². The molecule has 3 nitrogen and oxygen atoms in total. The van der Waals surface area contributed by atoms with Crippen molar-refractivity contribution in [2.75, 3.05) is 11.4 Å². The molecule has 0 aliphatic carbocycles. The Morgan fingerprint density at radius 3 is 2.89 bits per heavy atom. The monoisotopic (exact) mass is 362 g/mol. The molecule has 1 heterocycles. The van der Waals surface area contributed by atoms with Gasteiger partial charge in [0.2, 0.25) is 5.91 Å². The molecule has 0 aromatic heterocycles. The van der Waals surface area contributed by atoms with Gasteiger partial charge >= 0.3 is 0 Å². The van der Waals surface area contributed by atoms with E-state index in [4.69, 9.17) is 16.9 Å². The zero-order valence-electron chi connectivity index (χ0n) is 9.06. The van der Waals surface area contributed by atoms with Crippen molar-refractivity contribution in [3.63, 3.8) is 0 Å². The first-order valence-corrected chi connectivity index (χ1v) is 7.56. The van der Waals surface area contributed by atoms with Gasteiger partial charge in [0, 0.05) is 27.6 Å². The average molecular weight is 364 g/mol. The molecule has 0 N–H and O–H groups in total. The summed E-state index contributed by atoms with van der Waals surface area (Å²) in [7, 11) is 0. The Balaban J connectivity index is 2.38. The Labute approximate surface area is 128 Å². The van der Waals surface area contributed by atoms with Gasteiger partial charge < -0.3 is 4.90 Å². The van der Waals surface area contributed by atoms with Gasteiger partial charge in [-0.15, -0.1) is 0 Å². The number of amides is 1. The molecule has 1 amide bonds. The van der Waals surface area contributed by atoms with Crippen LogP contribution in [-0.2, 0) is 4.79 Å². The number of nitrogens with zero attached hydrogens (tertiary/aromatic N) is 2. The minimum absolute atomic E-state index is 0.0180. The lowest BCUT2D eigenvalue weighted by Crippen LogP contribution is -2.24. The lowest BCUT2D eigenvalue weighted by molar-refractivity contribution is -0.117. The molecule has 0 saturated carbocycles. The van der Waals surface area contributed by atoms with E-state index in [1.165, 1.54) is 0 Å². The van der Waals surface area contributed by atoms with Crippen LogP contribution in [0.2, 0.25) is 5.02 Å². The van der Waals surface area contributed by atoms with E-state index in [0.29, 0.717) is 23.7 Å². The van der Waals surface area contributed by atoms with Crippen LogP contribution in [0.15, 0.2) is 21.5 Å². The maximum atomic E-state index is 11.8. The minimum Gasteiger partial charge on any atom is -0.310 e. The quantitative estimate of drug-likeness (QED) is 0.495. The topological polar surface area (TPSA) is 44.1 Å². The molecule has 94 valence electrons. The van der Waals surface area contributed by atoms with Gasteiger partial charge in [-0.1, -0.05) is 11.6 Å². The Morgan fingerprint density at radius 2 is 2.33 bits per heavy atom. The number of carbonyl (C=O) groups is 1. The van der Waals surface area contributed by atoms with E-state index in [2.05, 4.69) is 28.6 Å². The van der Waals surface area contributed by atoms with Gasteiger partial charge in [-0.3, -0.25) is 4.79 Å². The van der Waals surface area contributed by atoms with Crippen molar-refractivity contribution < 1.29 is 4.79 Å². The maximum absolute atomic E-state index is 11.8. The summed E-state index contributed by atoms with van der Waals surface area (Å²) >= 11 is 14.9. The number of hydrogen-bond donors (Lipinski definition) is 1. The first-order chi connectivity index (χ1) is 8.52.